The molecule has 3 N–H and O–H groups in total. The van der Waals surface area contributed by atoms with Crippen LogP contribution in [0.5, 0.6) is 0 Å². The van der Waals surface area contributed by atoms with Crippen LogP contribution in [-0.2, 0) is 0 Å². The van der Waals surface area contributed by atoms with Gasteiger partial charge in [0.15, 0.2) is 0 Å². The molecular weight excluding hydrogens is 309 g/mol. The van der Waals surface area contributed by atoms with Crippen molar-refractivity contribution in [3.63, 3.8) is 0 Å². The van der Waals surface area contributed by atoms with Crippen LogP contribution in [0.2, 0.25) is 0 Å². The Morgan fingerprint density at radius 3 is 2.57 bits per heavy atom. The summed E-state index contributed by atoms with van der Waals surface area (Å²) in [7, 11) is 0. The number of hydrogen-bond donors (Lipinski definition) is 2. The second-order valence-corrected chi connectivity index (χ2v) is 5.46. The fraction of sp³-hybridized carbons (Fsp3) is 0.600. The molecule has 120 valence electrons. The van der Waals surface area contributed by atoms with E-state index in [4.69, 9.17) is 5.73 Å². The molecule has 4 nitrogen and oxygen atoms in total. The van der Waals surface area contributed by atoms with E-state index in [0.29, 0.717) is 18.0 Å². The number of pyridine rings is 1. The van der Waals surface area contributed by atoms with Gasteiger partial charge in [0.2, 0.25) is 0 Å². The zero-order valence-electron chi connectivity index (χ0n) is 12.4. The minimum absolute atomic E-state index is 0. The van der Waals surface area contributed by atoms with E-state index in [1.54, 1.807) is 12.4 Å². The van der Waals surface area contributed by atoms with Crippen molar-refractivity contribution in [2.45, 2.75) is 45.1 Å². The molecule has 1 fully saturated rings. The van der Waals surface area contributed by atoms with Crippen LogP contribution >= 0.6 is 24.8 Å². The summed E-state index contributed by atoms with van der Waals surface area (Å²) in [5.74, 6) is 0.470. The van der Waals surface area contributed by atoms with Crippen LogP contribution < -0.4 is 11.1 Å². The number of amides is 1. The average Bonchev–Trinajstić information content (AvgIpc) is 2.45. The Balaban J connectivity index is 0.00000200. The highest BCUT2D eigenvalue weighted by molar-refractivity contribution is 5.94. The van der Waals surface area contributed by atoms with E-state index in [0.717, 1.165) is 5.56 Å². The number of nitrogens with one attached hydrogen (secondary N) is 1. The minimum atomic E-state index is -0.0581. The Morgan fingerprint density at radius 2 is 2.00 bits per heavy atom. The quantitative estimate of drug-likeness (QED) is 0.890. The van der Waals surface area contributed by atoms with E-state index >= 15 is 0 Å². The fourth-order valence-corrected chi connectivity index (χ4v) is 2.84. The maximum atomic E-state index is 12.2. The number of carbonyl (C=O) groups excluding carboxylic acids is 1. The zero-order chi connectivity index (χ0) is 13.7. The van der Waals surface area contributed by atoms with Gasteiger partial charge in [-0.15, -0.1) is 24.8 Å². The monoisotopic (exact) mass is 333 g/mol. The van der Waals surface area contributed by atoms with Gasteiger partial charge < -0.3 is 11.1 Å². The predicted molar refractivity (Wildman–Crippen MR) is 90.4 cm³/mol. The Bertz CT molecular complexity index is 437. The lowest BCUT2D eigenvalue weighted by Gasteiger charge is -2.30. The molecule has 2 rings (SSSR count). The minimum Gasteiger partial charge on any atom is -0.348 e. The largest absolute Gasteiger partial charge is 0.348 e. The first-order valence-electron chi connectivity index (χ1n) is 7.13. The van der Waals surface area contributed by atoms with Gasteiger partial charge in [-0.3, -0.25) is 9.78 Å². The molecule has 1 aliphatic rings. The molecule has 1 aromatic heterocycles. The molecule has 1 amide bonds. The summed E-state index contributed by atoms with van der Waals surface area (Å²) < 4.78 is 0. The highest BCUT2D eigenvalue weighted by Gasteiger charge is 2.24. The molecule has 1 heterocycles. The van der Waals surface area contributed by atoms with Crippen LogP contribution in [0.3, 0.4) is 0 Å². The van der Waals surface area contributed by atoms with Gasteiger partial charge in [-0.05, 0) is 37.3 Å². The first-order chi connectivity index (χ1) is 9.20. The normalized spacial score (nSPS) is 16.3. The van der Waals surface area contributed by atoms with E-state index in [9.17, 15) is 4.79 Å². The lowest BCUT2D eigenvalue weighted by atomic mass is 9.84. The van der Waals surface area contributed by atoms with Crippen LogP contribution in [0.25, 0.3) is 0 Å². The number of hydrogen-bond acceptors (Lipinski definition) is 3. The summed E-state index contributed by atoms with van der Waals surface area (Å²) in [6, 6.07) is 1.95. The van der Waals surface area contributed by atoms with Crippen molar-refractivity contribution in [1.29, 1.82) is 0 Å². The number of aromatic nitrogens is 1. The summed E-state index contributed by atoms with van der Waals surface area (Å²) in [6.45, 7) is 2.45. The Morgan fingerprint density at radius 1 is 1.33 bits per heavy atom. The number of aryl methyl sites for hydroxylation is 1. The molecule has 1 unspecified atom stereocenters. The van der Waals surface area contributed by atoms with Gasteiger partial charge in [0.05, 0.1) is 5.56 Å². The predicted octanol–water partition coefficient (Wildman–Crippen LogP) is 2.87. The number of rotatable bonds is 4. The van der Waals surface area contributed by atoms with E-state index in [-0.39, 0.29) is 36.8 Å². The SMILES string of the molecule is Cc1cncc(C(=O)NC(CN)C2CCCCC2)c1.Cl.Cl. The number of halogens is 2. The molecule has 1 saturated carbocycles. The number of carbonyl (C=O) groups is 1. The molecule has 0 bridgehead atoms. The molecule has 1 atom stereocenters. The lowest BCUT2D eigenvalue weighted by Crippen LogP contribution is -2.45. The maximum absolute atomic E-state index is 12.2. The molecular formula is C15H25Cl2N3O. The molecule has 0 aromatic carbocycles. The van der Waals surface area contributed by atoms with Crippen molar-refractivity contribution in [1.82, 2.24) is 10.3 Å². The Hall–Kier alpha value is -0.840. The summed E-state index contributed by atoms with van der Waals surface area (Å²) in [4.78, 5) is 16.3. The summed E-state index contributed by atoms with van der Waals surface area (Å²) in [6.07, 6.45) is 9.52. The van der Waals surface area contributed by atoms with Crippen LogP contribution in [-0.4, -0.2) is 23.5 Å². The van der Waals surface area contributed by atoms with Crippen molar-refractivity contribution in [2.24, 2.45) is 11.7 Å². The molecule has 0 aliphatic heterocycles. The lowest BCUT2D eigenvalue weighted by molar-refractivity contribution is 0.0915. The summed E-state index contributed by atoms with van der Waals surface area (Å²) >= 11 is 0. The second kappa shape index (κ2) is 9.98. The standard InChI is InChI=1S/C15H23N3O.2ClH/c1-11-7-13(10-17-9-11)15(19)18-14(8-16)12-5-3-2-4-6-12;;/h7,9-10,12,14H,2-6,8,16H2,1H3,(H,18,19);2*1H. The van der Waals surface area contributed by atoms with Crippen molar-refractivity contribution in [3.05, 3.63) is 29.6 Å². The van der Waals surface area contributed by atoms with Crippen molar-refractivity contribution >= 4 is 30.7 Å². The summed E-state index contributed by atoms with van der Waals surface area (Å²) in [5, 5.41) is 3.08. The maximum Gasteiger partial charge on any atom is 0.253 e. The van der Waals surface area contributed by atoms with Crippen LogP contribution in [0.15, 0.2) is 18.5 Å². The Kier molecular flexibility index (Phi) is 9.58. The topological polar surface area (TPSA) is 68.0 Å². The van der Waals surface area contributed by atoms with E-state index in [2.05, 4.69) is 10.3 Å². The number of nitrogens with two attached hydrogens (primary N) is 1. The van der Waals surface area contributed by atoms with Crippen molar-refractivity contribution < 1.29 is 4.79 Å². The summed E-state index contributed by atoms with van der Waals surface area (Å²) in [5.41, 5.74) is 7.44. The van der Waals surface area contributed by atoms with Gasteiger partial charge in [0.1, 0.15) is 0 Å². The first kappa shape index (κ1) is 20.2. The zero-order valence-corrected chi connectivity index (χ0v) is 14.0. The molecule has 0 saturated heterocycles. The van der Waals surface area contributed by atoms with E-state index in [1.807, 2.05) is 13.0 Å². The van der Waals surface area contributed by atoms with Gasteiger partial charge in [0.25, 0.3) is 5.91 Å². The molecule has 21 heavy (non-hydrogen) atoms. The van der Waals surface area contributed by atoms with Gasteiger partial charge in [-0.25, -0.2) is 0 Å². The van der Waals surface area contributed by atoms with E-state index in [1.165, 1.54) is 32.1 Å². The van der Waals surface area contributed by atoms with Crippen molar-refractivity contribution in [3.8, 4) is 0 Å². The van der Waals surface area contributed by atoms with Crippen LogP contribution in [0.4, 0.5) is 0 Å². The van der Waals surface area contributed by atoms with Gasteiger partial charge in [0, 0.05) is 25.0 Å². The molecule has 0 spiro atoms. The van der Waals surface area contributed by atoms with Crippen LogP contribution in [0, 0.1) is 12.8 Å². The van der Waals surface area contributed by atoms with Crippen molar-refractivity contribution in [2.75, 3.05) is 6.54 Å². The molecule has 0 radical (unpaired) electrons. The third-order valence-corrected chi connectivity index (χ3v) is 3.93. The Labute approximate surface area is 139 Å². The third kappa shape index (κ3) is 5.81. The molecule has 6 heteroatoms. The van der Waals surface area contributed by atoms with E-state index < -0.39 is 0 Å². The highest BCUT2D eigenvalue weighted by atomic mass is 35.5. The average molecular weight is 334 g/mol. The van der Waals surface area contributed by atoms with Crippen LogP contribution in [0.1, 0.15) is 48.0 Å². The third-order valence-electron chi connectivity index (χ3n) is 3.93. The molecule has 1 aliphatic carbocycles. The van der Waals surface area contributed by atoms with Gasteiger partial charge in [-0.2, -0.15) is 0 Å². The molecule has 1 aromatic rings. The second-order valence-electron chi connectivity index (χ2n) is 5.46. The van der Waals surface area contributed by atoms with Gasteiger partial charge in [-0.1, -0.05) is 19.3 Å². The number of nitrogens with zero attached hydrogens (tertiary/aromatic N) is 1. The smallest absolute Gasteiger partial charge is 0.253 e. The fourth-order valence-electron chi connectivity index (χ4n) is 2.84. The first-order valence-corrected chi connectivity index (χ1v) is 7.13. The van der Waals surface area contributed by atoms with Gasteiger partial charge >= 0.3 is 0 Å². The highest BCUT2D eigenvalue weighted by Crippen LogP contribution is 2.26.